The molecule has 1 aromatic carbocycles. The number of nitrogens with one attached hydrogen (secondary N) is 2. The Kier molecular flexibility index (Phi) is 5.76. The fourth-order valence-electron chi connectivity index (χ4n) is 1.87. The normalized spacial score (nSPS) is 10.7. The Balaban J connectivity index is 1.76. The number of anilines is 1. The van der Waals surface area contributed by atoms with Crippen molar-refractivity contribution in [3.63, 3.8) is 0 Å². The molecule has 0 saturated carbocycles. The molecule has 2 N–H and O–H groups in total. The Morgan fingerprint density at radius 1 is 1.33 bits per heavy atom. The Labute approximate surface area is 139 Å². The van der Waals surface area contributed by atoms with E-state index in [1.807, 2.05) is 23.0 Å². The van der Waals surface area contributed by atoms with Crippen LogP contribution in [0.2, 0.25) is 0 Å². The Hall–Kier alpha value is -1.40. The number of hydrogen-bond donors (Lipinski definition) is 2. The van der Waals surface area contributed by atoms with E-state index in [4.69, 9.17) is 12.2 Å². The van der Waals surface area contributed by atoms with Crippen LogP contribution < -0.4 is 10.6 Å². The van der Waals surface area contributed by atoms with E-state index in [1.54, 1.807) is 6.20 Å². The molecule has 0 aliphatic heterocycles. The van der Waals surface area contributed by atoms with E-state index in [0.717, 1.165) is 23.2 Å². The molecular weight excluding hydrogens is 348 g/mol. The first-order valence-corrected chi connectivity index (χ1v) is 8.07. The third kappa shape index (κ3) is 5.13. The van der Waals surface area contributed by atoms with Crippen LogP contribution in [0.1, 0.15) is 25.3 Å². The molecule has 0 aliphatic carbocycles. The molecule has 0 unspecified atom stereocenters. The van der Waals surface area contributed by atoms with E-state index in [9.17, 15) is 0 Å². The van der Waals surface area contributed by atoms with E-state index < -0.39 is 0 Å². The van der Waals surface area contributed by atoms with Gasteiger partial charge in [-0.3, -0.25) is 4.68 Å². The third-order valence-corrected chi connectivity index (χ3v) is 3.72. The number of hydrogen-bond acceptors (Lipinski definition) is 2. The van der Waals surface area contributed by atoms with Gasteiger partial charge in [0.25, 0.3) is 0 Å². The Morgan fingerprint density at radius 3 is 2.62 bits per heavy atom. The molecule has 1 aromatic heterocycles. The van der Waals surface area contributed by atoms with Crippen molar-refractivity contribution in [2.24, 2.45) is 0 Å². The average molecular weight is 367 g/mol. The third-order valence-electron chi connectivity index (χ3n) is 3.06. The molecule has 6 heteroatoms. The van der Waals surface area contributed by atoms with Crippen LogP contribution >= 0.6 is 28.1 Å². The first-order valence-electron chi connectivity index (χ1n) is 6.87. The van der Waals surface area contributed by atoms with Gasteiger partial charge in [0.2, 0.25) is 0 Å². The molecule has 21 heavy (non-hydrogen) atoms. The lowest BCUT2D eigenvalue weighted by atomic mass is 10.0. The van der Waals surface area contributed by atoms with Gasteiger partial charge in [-0.25, -0.2) is 0 Å². The zero-order valence-electron chi connectivity index (χ0n) is 12.1. The molecule has 0 saturated heterocycles. The van der Waals surface area contributed by atoms with Crippen LogP contribution in [0.25, 0.3) is 0 Å². The molecule has 0 amide bonds. The van der Waals surface area contributed by atoms with Crippen LogP contribution in [0.5, 0.6) is 0 Å². The number of benzene rings is 1. The molecule has 0 aliphatic rings. The van der Waals surface area contributed by atoms with Gasteiger partial charge in [0, 0.05) is 18.4 Å². The number of nitrogens with zero attached hydrogens (tertiary/aromatic N) is 2. The summed E-state index contributed by atoms with van der Waals surface area (Å²) in [6.45, 7) is 5.86. The second-order valence-corrected chi connectivity index (χ2v) is 6.40. The minimum absolute atomic E-state index is 0.539. The van der Waals surface area contributed by atoms with Crippen LogP contribution in [0.15, 0.2) is 41.1 Å². The smallest absolute Gasteiger partial charge is 0.170 e. The average Bonchev–Trinajstić information content (AvgIpc) is 2.85. The highest BCUT2D eigenvalue weighted by atomic mass is 79.9. The summed E-state index contributed by atoms with van der Waals surface area (Å²) in [6.07, 6.45) is 3.70. The molecule has 2 rings (SSSR count). The fraction of sp³-hybridized carbons (Fsp3) is 0.333. The van der Waals surface area contributed by atoms with Crippen molar-refractivity contribution < 1.29 is 0 Å². The van der Waals surface area contributed by atoms with Crippen LogP contribution in [-0.2, 0) is 6.54 Å². The van der Waals surface area contributed by atoms with Gasteiger partial charge in [-0.15, -0.1) is 0 Å². The van der Waals surface area contributed by atoms with Gasteiger partial charge >= 0.3 is 0 Å². The Bertz CT molecular complexity index is 592. The summed E-state index contributed by atoms with van der Waals surface area (Å²) in [4.78, 5) is 0. The maximum Gasteiger partial charge on any atom is 0.170 e. The van der Waals surface area contributed by atoms with Gasteiger partial charge in [0.15, 0.2) is 5.11 Å². The molecule has 112 valence electrons. The lowest BCUT2D eigenvalue weighted by molar-refractivity contribution is 0.604. The van der Waals surface area contributed by atoms with Crippen LogP contribution in [0, 0.1) is 0 Å². The maximum absolute atomic E-state index is 5.28. The number of aromatic nitrogens is 2. The molecule has 0 fully saturated rings. The van der Waals surface area contributed by atoms with Crippen molar-refractivity contribution >= 4 is 38.9 Å². The maximum atomic E-state index is 5.28. The molecule has 2 aromatic rings. The quantitative estimate of drug-likeness (QED) is 0.790. The number of thiocarbonyl (C=S) groups is 1. The van der Waals surface area contributed by atoms with Crippen molar-refractivity contribution in [2.75, 3.05) is 11.9 Å². The summed E-state index contributed by atoms with van der Waals surface area (Å²) in [5, 5.41) is 11.2. The van der Waals surface area contributed by atoms with Gasteiger partial charge in [0.05, 0.1) is 17.2 Å². The van der Waals surface area contributed by atoms with E-state index in [2.05, 4.69) is 57.6 Å². The lowest BCUT2D eigenvalue weighted by Gasteiger charge is -2.12. The summed E-state index contributed by atoms with van der Waals surface area (Å²) < 4.78 is 2.84. The molecule has 0 radical (unpaired) electrons. The zero-order valence-corrected chi connectivity index (χ0v) is 14.5. The molecule has 0 spiro atoms. The van der Waals surface area contributed by atoms with E-state index in [-0.39, 0.29) is 0 Å². The summed E-state index contributed by atoms with van der Waals surface area (Å²) >= 11 is 8.65. The summed E-state index contributed by atoms with van der Waals surface area (Å²) in [5.41, 5.74) is 2.32. The van der Waals surface area contributed by atoms with Crippen molar-refractivity contribution in [1.29, 1.82) is 0 Å². The second kappa shape index (κ2) is 7.56. The molecule has 0 bridgehead atoms. The summed E-state index contributed by atoms with van der Waals surface area (Å²) in [6, 6.07) is 8.34. The van der Waals surface area contributed by atoms with Crippen molar-refractivity contribution in [3.05, 3.63) is 46.7 Å². The minimum atomic E-state index is 0.539. The highest BCUT2D eigenvalue weighted by Gasteiger charge is 2.01. The number of rotatable bonds is 5. The van der Waals surface area contributed by atoms with Crippen LogP contribution in [0.4, 0.5) is 5.69 Å². The predicted molar refractivity (Wildman–Crippen MR) is 94.7 cm³/mol. The molecular formula is C15H19BrN4S. The second-order valence-electron chi connectivity index (χ2n) is 5.08. The standard InChI is InChI=1S/C15H19BrN4S/c1-11(2)12-3-5-14(6-4-12)19-15(21)17-7-8-20-10-13(16)9-18-20/h3-6,9-11H,7-8H2,1-2H3,(H2,17,19,21). The van der Waals surface area contributed by atoms with Crippen molar-refractivity contribution in [1.82, 2.24) is 15.1 Å². The monoisotopic (exact) mass is 366 g/mol. The summed E-state index contributed by atoms with van der Waals surface area (Å²) in [5.74, 6) is 0.539. The van der Waals surface area contributed by atoms with E-state index in [1.165, 1.54) is 5.56 Å². The lowest BCUT2D eigenvalue weighted by Crippen LogP contribution is -2.31. The van der Waals surface area contributed by atoms with Crippen LogP contribution in [0.3, 0.4) is 0 Å². The zero-order chi connectivity index (χ0) is 15.2. The Morgan fingerprint density at radius 2 is 2.05 bits per heavy atom. The SMILES string of the molecule is CC(C)c1ccc(NC(=S)NCCn2cc(Br)cn2)cc1. The van der Waals surface area contributed by atoms with Gasteiger partial charge in [-0.05, 0) is 51.8 Å². The van der Waals surface area contributed by atoms with Gasteiger partial charge in [-0.2, -0.15) is 5.10 Å². The first kappa shape index (κ1) is 16.0. The van der Waals surface area contributed by atoms with Crippen LogP contribution in [-0.4, -0.2) is 21.4 Å². The molecule has 0 atom stereocenters. The highest BCUT2D eigenvalue weighted by Crippen LogP contribution is 2.16. The van der Waals surface area contributed by atoms with Gasteiger partial charge in [0.1, 0.15) is 0 Å². The fourth-order valence-corrected chi connectivity index (χ4v) is 2.42. The molecule has 1 heterocycles. The molecule has 4 nitrogen and oxygen atoms in total. The first-order chi connectivity index (χ1) is 10.0. The van der Waals surface area contributed by atoms with Crippen molar-refractivity contribution in [2.45, 2.75) is 26.3 Å². The summed E-state index contributed by atoms with van der Waals surface area (Å²) in [7, 11) is 0. The predicted octanol–water partition coefficient (Wildman–Crippen LogP) is 3.76. The van der Waals surface area contributed by atoms with Gasteiger partial charge < -0.3 is 10.6 Å². The highest BCUT2D eigenvalue weighted by molar-refractivity contribution is 9.10. The van der Waals surface area contributed by atoms with Crippen molar-refractivity contribution in [3.8, 4) is 0 Å². The number of halogens is 1. The van der Waals surface area contributed by atoms with Gasteiger partial charge in [-0.1, -0.05) is 26.0 Å². The topological polar surface area (TPSA) is 41.9 Å². The largest absolute Gasteiger partial charge is 0.361 e. The van der Waals surface area contributed by atoms with E-state index in [0.29, 0.717) is 11.0 Å². The minimum Gasteiger partial charge on any atom is -0.361 e. The van der Waals surface area contributed by atoms with E-state index >= 15 is 0 Å².